The van der Waals surface area contributed by atoms with Gasteiger partial charge in [-0.05, 0) is 41.4 Å². The Morgan fingerprint density at radius 3 is 1.43 bits per heavy atom. The van der Waals surface area contributed by atoms with E-state index in [9.17, 15) is 53.5 Å². The first-order valence-corrected chi connectivity index (χ1v) is 13.8. The lowest BCUT2D eigenvalue weighted by Gasteiger charge is -2.24. The van der Waals surface area contributed by atoms with Gasteiger partial charge in [-0.15, -0.1) is 11.8 Å². The third-order valence-electron chi connectivity index (χ3n) is 6.03. The first-order valence-electron chi connectivity index (χ1n) is 12.8. The van der Waals surface area contributed by atoms with Gasteiger partial charge in [0.25, 0.3) is 12.9 Å². The number of ether oxygens (including phenoxy) is 2. The van der Waals surface area contributed by atoms with Crippen LogP contribution in [0.2, 0.25) is 0 Å². The molecule has 0 aliphatic carbocycles. The van der Waals surface area contributed by atoms with Gasteiger partial charge in [0.15, 0.2) is 5.69 Å². The Balaban J connectivity index is 3.09. The smallest absolute Gasteiger partial charge is 0.434 e. The fraction of sp³-hybridized carbons (Fsp3) is 0.556. The minimum Gasteiger partial charge on any atom is -0.465 e. The van der Waals surface area contributed by atoms with Gasteiger partial charge in [0.05, 0.1) is 25.3 Å². The summed E-state index contributed by atoms with van der Waals surface area (Å²) in [6, 6.07) is 0. The second kappa shape index (κ2) is 14.3. The predicted octanol–water partition coefficient (Wildman–Crippen LogP) is 8.65. The van der Waals surface area contributed by atoms with Gasteiger partial charge in [0, 0.05) is 10.6 Å². The predicted molar refractivity (Wildman–Crippen MR) is 138 cm³/mol. The lowest BCUT2D eigenvalue weighted by molar-refractivity contribution is -0.144. The van der Waals surface area contributed by atoms with Crippen LogP contribution in [0.4, 0.5) is 43.9 Å². The Bertz CT molecular complexity index is 1270. The summed E-state index contributed by atoms with van der Waals surface area (Å²) in [6.07, 6.45) is -19.0. The van der Waals surface area contributed by atoms with Crippen molar-refractivity contribution in [1.29, 1.82) is 0 Å². The highest BCUT2D eigenvalue weighted by molar-refractivity contribution is 7.98. The Labute approximate surface area is 249 Å². The number of aromatic nitrogens is 2. The molecule has 6 nitrogen and oxygen atoms in total. The second-order valence-corrected chi connectivity index (χ2v) is 11.3. The fourth-order valence-electron chi connectivity index (χ4n) is 4.42. The fourth-order valence-corrected chi connectivity index (χ4v) is 5.68. The molecular formula is C27H28F10N2O4S. The van der Waals surface area contributed by atoms with Gasteiger partial charge >= 0.3 is 24.3 Å². The molecule has 0 fully saturated rings. The summed E-state index contributed by atoms with van der Waals surface area (Å²) in [5.74, 6) is -5.09. The first kappa shape index (κ1) is 37.1. The molecule has 2 heterocycles. The van der Waals surface area contributed by atoms with E-state index < -0.39 is 123 Å². The monoisotopic (exact) mass is 666 g/mol. The molecule has 2 aromatic rings. The zero-order valence-electron chi connectivity index (χ0n) is 24.1. The lowest BCUT2D eigenvalue weighted by atomic mass is 9.91. The first-order chi connectivity index (χ1) is 20.2. The van der Waals surface area contributed by atoms with Gasteiger partial charge in [0.1, 0.15) is 17.1 Å². The van der Waals surface area contributed by atoms with Crippen molar-refractivity contribution in [2.75, 3.05) is 14.2 Å². The van der Waals surface area contributed by atoms with Gasteiger partial charge in [-0.2, -0.15) is 26.3 Å². The van der Waals surface area contributed by atoms with Crippen LogP contribution in [0.25, 0.3) is 0 Å². The Morgan fingerprint density at radius 1 is 0.682 bits per heavy atom. The van der Waals surface area contributed by atoms with E-state index in [-0.39, 0.29) is 11.8 Å². The molecule has 0 aromatic carbocycles. The van der Waals surface area contributed by atoms with Crippen molar-refractivity contribution in [1.82, 2.24) is 9.97 Å². The molecule has 2 rings (SSSR count). The number of alkyl halides is 10. The molecule has 44 heavy (non-hydrogen) atoms. The number of pyridine rings is 2. The summed E-state index contributed by atoms with van der Waals surface area (Å²) in [5, 5.41) is 0. The number of esters is 2. The Hall–Kier alpha value is -3.11. The van der Waals surface area contributed by atoms with Crippen LogP contribution >= 0.6 is 11.8 Å². The van der Waals surface area contributed by atoms with E-state index in [1.54, 1.807) is 0 Å². The molecule has 0 N–H and O–H groups in total. The number of methoxy groups -OCH3 is 2. The third kappa shape index (κ3) is 8.33. The molecule has 0 amide bonds. The van der Waals surface area contributed by atoms with Crippen LogP contribution in [-0.2, 0) is 40.4 Å². The SMILES string of the molecule is COC(=O)c1c(C(F)F)nc(C(F)(F)F)c(CSc2c(C(F)(F)F)nc(C(F)F)c(C(=O)OC)c2CC(C)C)c1CC(C)C. The van der Waals surface area contributed by atoms with Crippen molar-refractivity contribution in [2.24, 2.45) is 11.8 Å². The number of hydrogen-bond acceptors (Lipinski definition) is 7. The van der Waals surface area contributed by atoms with E-state index in [0.717, 1.165) is 14.2 Å². The van der Waals surface area contributed by atoms with E-state index in [1.165, 1.54) is 27.7 Å². The molecule has 0 saturated carbocycles. The summed E-state index contributed by atoms with van der Waals surface area (Å²) in [7, 11) is 1.58. The quantitative estimate of drug-likeness (QED) is 0.135. The highest BCUT2D eigenvalue weighted by Crippen LogP contribution is 2.45. The lowest BCUT2D eigenvalue weighted by Crippen LogP contribution is -2.23. The topological polar surface area (TPSA) is 78.4 Å². The standard InChI is InChI=1S/C27H28F10N2O4S/c1-10(2)7-12-14(20(26(32,33)34)38-17(22(28)29)15(12)24(40)42-5)9-44-19-13(8-11(3)4)16(25(41)43-6)18(23(30)31)39-21(19)27(35,36)37/h10-11,22-23H,7-9H2,1-6H3. The molecule has 0 aliphatic heterocycles. The second-order valence-electron chi connectivity index (χ2n) is 10.3. The van der Waals surface area contributed by atoms with E-state index in [1.807, 2.05) is 0 Å². The maximum Gasteiger partial charge on any atom is 0.434 e. The van der Waals surface area contributed by atoms with E-state index in [4.69, 9.17) is 0 Å². The normalized spacial score (nSPS) is 12.5. The highest BCUT2D eigenvalue weighted by Gasteiger charge is 2.43. The molecule has 0 saturated heterocycles. The van der Waals surface area contributed by atoms with Crippen LogP contribution in [-0.4, -0.2) is 36.1 Å². The van der Waals surface area contributed by atoms with Crippen molar-refractivity contribution >= 4 is 23.7 Å². The molecule has 0 radical (unpaired) electrons. The molecule has 2 aromatic heterocycles. The van der Waals surface area contributed by atoms with Crippen molar-refractivity contribution in [3.05, 3.63) is 50.6 Å². The average Bonchev–Trinajstić information content (AvgIpc) is 2.88. The molecule has 0 unspecified atom stereocenters. The van der Waals surface area contributed by atoms with E-state index >= 15 is 0 Å². The maximum atomic E-state index is 14.3. The molecule has 0 aliphatic rings. The van der Waals surface area contributed by atoms with Crippen LogP contribution < -0.4 is 0 Å². The summed E-state index contributed by atoms with van der Waals surface area (Å²) in [4.78, 5) is 30.3. The number of rotatable bonds is 11. The van der Waals surface area contributed by atoms with Crippen LogP contribution in [0.15, 0.2) is 4.90 Å². The largest absolute Gasteiger partial charge is 0.465 e. The van der Waals surface area contributed by atoms with E-state index in [0.29, 0.717) is 0 Å². The molecule has 246 valence electrons. The molecule has 0 atom stereocenters. The zero-order chi connectivity index (χ0) is 33.9. The Morgan fingerprint density at radius 2 is 1.07 bits per heavy atom. The minimum absolute atomic E-state index is 0.0571. The summed E-state index contributed by atoms with van der Waals surface area (Å²) in [5.41, 5.74) is -10.9. The van der Waals surface area contributed by atoms with Crippen molar-refractivity contribution in [3.8, 4) is 0 Å². The molecule has 17 heteroatoms. The van der Waals surface area contributed by atoms with Gasteiger partial charge < -0.3 is 9.47 Å². The summed E-state index contributed by atoms with van der Waals surface area (Å²) in [6.45, 7) is 5.96. The third-order valence-corrected chi connectivity index (χ3v) is 7.20. The minimum atomic E-state index is -5.42. The van der Waals surface area contributed by atoms with Crippen LogP contribution in [0.1, 0.15) is 101 Å². The van der Waals surface area contributed by atoms with Crippen molar-refractivity contribution in [2.45, 2.75) is 76.4 Å². The van der Waals surface area contributed by atoms with Crippen molar-refractivity contribution < 1.29 is 63.0 Å². The van der Waals surface area contributed by atoms with Crippen LogP contribution in [0.5, 0.6) is 0 Å². The number of halogens is 10. The van der Waals surface area contributed by atoms with Gasteiger partial charge in [0.2, 0.25) is 0 Å². The van der Waals surface area contributed by atoms with Crippen molar-refractivity contribution in [3.63, 3.8) is 0 Å². The van der Waals surface area contributed by atoms with Crippen LogP contribution in [0.3, 0.4) is 0 Å². The molecule has 0 spiro atoms. The number of carbonyl (C=O) groups excluding carboxylic acids is 2. The highest BCUT2D eigenvalue weighted by atomic mass is 32.2. The number of hydrogen-bond donors (Lipinski definition) is 0. The maximum absolute atomic E-state index is 14.3. The zero-order valence-corrected chi connectivity index (χ0v) is 25.0. The molecular weight excluding hydrogens is 638 g/mol. The number of nitrogens with zero attached hydrogens (tertiary/aromatic N) is 2. The summed E-state index contributed by atoms with van der Waals surface area (Å²) < 4.78 is 150. The van der Waals surface area contributed by atoms with Crippen LogP contribution in [0, 0.1) is 11.8 Å². The number of carbonyl (C=O) groups is 2. The van der Waals surface area contributed by atoms with E-state index in [2.05, 4.69) is 19.4 Å². The van der Waals surface area contributed by atoms with Gasteiger partial charge in [-0.1, -0.05) is 27.7 Å². The summed E-state index contributed by atoms with van der Waals surface area (Å²) >= 11 is 0.0571. The van der Waals surface area contributed by atoms with Gasteiger partial charge in [-0.3, -0.25) is 0 Å². The Kier molecular flexibility index (Phi) is 12.1. The van der Waals surface area contributed by atoms with Gasteiger partial charge in [-0.25, -0.2) is 37.1 Å². The number of thioether (sulfide) groups is 1. The molecule has 0 bridgehead atoms. The average molecular weight is 667 g/mol.